The quantitative estimate of drug-likeness (QED) is 0.842. The van der Waals surface area contributed by atoms with Gasteiger partial charge in [0.1, 0.15) is 5.82 Å². The molecular formula is C19H20FN3O4S. The summed E-state index contributed by atoms with van der Waals surface area (Å²) in [6.07, 6.45) is 0. The highest BCUT2D eigenvalue weighted by atomic mass is 32.2. The van der Waals surface area contributed by atoms with Crippen LogP contribution in [0.25, 0.3) is 0 Å². The third-order valence-corrected chi connectivity index (χ3v) is 6.41. The van der Waals surface area contributed by atoms with Gasteiger partial charge in [-0.1, -0.05) is 6.07 Å². The molecule has 1 N–H and O–H groups in total. The van der Waals surface area contributed by atoms with Gasteiger partial charge in [-0.15, -0.1) is 0 Å². The van der Waals surface area contributed by atoms with Gasteiger partial charge in [0.15, 0.2) is 0 Å². The number of hydrogen-bond donors (Lipinski definition) is 1. The van der Waals surface area contributed by atoms with Gasteiger partial charge in [-0.25, -0.2) is 12.8 Å². The fourth-order valence-corrected chi connectivity index (χ4v) is 4.40. The van der Waals surface area contributed by atoms with E-state index < -0.39 is 21.7 Å². The monoisotopic (exact) mass is 405 g/mol. The summed E-state index contributed by atoms with van der Waals surface area (Å²) in [5, 5.41) is 2.60. The largest absolute Gasteiger partial charge is 0.340 e. The maximum absolute atomic E-state index is 13.0. The van der Waals surface area contributed by atoms with Gasteiger partial charge in [-0.05, 0) is 42.5 Å². The number of carbonyl (C=O) groups is 2. The molecule has 148 valence electrons. The van der Waals surface area contributed by atoms with Crippen molar-refractivity contribution in [2.24, 2.45) is 0 Å². The summed E-state index contributed by atoms with van der Waals surface area (Å²) in [6, 6.07) is 11.0. The summed E-state index contributed by atoms with van der Waals surface area (Å²) in [7, 11) is -3.78. The highest BCUT2D eigenvalue weighted by molar-refractivity contribution is 7.89. The molecule has 1 aliphatic heterocycles. The van der Waals surface area contributed by atoms with Crippen LogP contribution >= 0.6 is 0 Å². The first-order valence-corrected chi connectivity index (χ1v) is 10.1. The zero-order valence-corrected chi connectivity index (χ0v) is 16.1. The summed E-state index contributed by atoms with van der Waals surface area (Å²) in [4.78, 5) is 25.4. The molecule has 28 heavy (non-hydrogen) atoms. The molecular weight excluding hydrogens is 385 g/mol. The molecule has 1 saturated heterocycles. The van der Waals surface area contributed by atoms with Crippen LogP contribution in [0.1, 0.15) is 17.3 Å². The Bertz CT molecular complexity index is 984. The predicted octanol–water partition coefficient (Wildman–Crippen LogP) is 1.93. The Morgan fingerprint density at radius 1 is 1.00 bits per heavy atom. The Hall–Kier alpha value is -2.78. The molecule has 1 aliphatic rings. The molecule has 0 unspecified atom stereocenters. The van der Waals surface area contributed by atoms with Gasteiger partial charge >= 0.3 is 0 Å². The average molecular weight is 405 g/mol. The van der Waals surface area contributed by atoms with Gasteiger partial charge in [0.25, 0.3) is 5.91 Å². The zero-order valence-electron chi connectivity index (χ0n) is 15.3. The first kappa shape index (κ1) is 20.0. The molecule has 3 rings (SSSR count). The maximum Gasteiger partial charge on any atom is 0.255 e. The number of carbonyl (C=O) groups excluding carboxylic acids is 2. The molecule has 0 saturated carbocycles. The highest BCUT2D eigenvalue weighted by Gasteiger charge is 2.29. The normalized spacial score (nSPS) is 15.3. The summed E-state index contributed by atoms with van der Waals surface area (Å²) in [5.74, 6) is -1.00. The molecule has 0 radical (unpaired) electrons. The van der Waals surface area contributed by atoms with Crippen molar-refractivity contribution in [2.75, 3.05) is 31.5 Å². The maximum atomic E-state index is 13.0. The second-order valence-corrected chi connectivity index (χ2v) is 8.34. The van der Waals surface area contributed by atoms with Crippen molar-refractivity contribution in [3.63, 3.8) is 0 Å². The van der Waals surface area contributed by atoms with E-state index >= 15 is 0 Å². The SMILES string of the molecule is CC(=O)N1CCN(S(=O)(=O)c2cccc(C(=O)Nc3ccc(F)cc3)c2)CC1. The van der Waals surface area contributed by atoms with E-state index in [1.165, 1.54) is 59.8 Å². The first-order valence-electron chi connectivity index (χ1n) is 8.70. The van der Waals surface area contributed by atoms with Gasteiger partial charge in [0, 0.05) is 44.4 Å². The fourth-order valence-electron chi connectivity index (χ4n) is 2.93. The highest BCUT2D eigenvalue weighted by Crippen LogP contribution is 2.20. The van der Waals surface area contributed by atoms with Gasteiger partial charge < -0.3 is 10.2 Å². The van der Waals surface area contributed by atoms with Crippen molar-refractivity contribution >= 4 is 27.5 Å². The van der Waals surface area contributed by atoms with Gasteiger partial charge in [0.05, 0.1) is 4.90 Å². The summed E-state index contributed by atoms with van der Waals surface area (Å²) in [5.41, 5.74) is 0.577. The lowest BCUT2D eigenvalue weighted by atomic mass is 10.2. The Labute approximate surface area is 162 Å². The van der Waals surface area contributed by atoms with E-state index in [1.807, 2.05) is 0 Å². The van der Waals surface area contributed by atoms with Crippen LogP contribution in [-0.4, -0.2) is 55.6 Å². The standard InChI is InChI=1S/C19H20FN3O4S/c1-14(24)22-9-11-23(12-10-22)28(26,27)18-4-2-3-15(13-18)19(25)21-17-7-5-16(20)6-8-17/h2-8,13H,9-12H2,1H3,(H,21,25). The summed E-state index contributed by atoms with van der Waals surface area (Å²) < 4.78 is 40.0. The number of benzene rings is 2. The Kier molecular flexibility index (Phi) is 5.76. The molecule has 7 nitrogen and oxygen atoms in total. The number of piperazine rings is 1. The van der Waals surface area contributed by atoms with Crippen molar-refractivity contribution in [1.82, 2.24) is 9.21 Å². The van der Waals surface area contributed by atoms with E-state index in [9.17, 15) is 22.4 Å². The molecule has 0 aromatic heterocycles. The average Bonchev–Trinajstić information content (AvgIpc) is 2.70. The van der Waals surface area contributed by atoms with Gasteiger partial charge in [0.2, 0.25) is 15.9 Å². The van der Waals surface area contributed by atoms with Crippen molar-refractivity contribution in [2.45, 2.75) is 11.8 Å². The van der Waals surface area contributed by atoms with Crippen LogP contribution in [0.3, 0.4) is 0 Å². The number of amides is 2. The summed E-state index contributed by atoms with van der Waals surface area (Å²) in [6.45, 7) is 2.52. The minimum atomic E-state index is -3.78. The van der Waals surface area contributed by atoms with Crippen LogP contribution in [0.15, 0.2) is 53.4 Å². The minimum Gasteiger partial charge on any atom is -0.340 e. The number of nitrogens with one attached hydrogen (secondary N) is 1. The fraction of sp³-hybridized carbons (Fsp3) is 0.263. The predicted molar refractivity (Wildman–Crippen MR) is 102 cm³/mol. The van der Waals surface area contributed by atoms with Crippen LogP contribution in [0, 0.1) is 5.82 Å². The lowest BCUT2D eigenvalue weighted by Gasteiger charge is -2.33. The van der Waals surface area contributed by atoms with Crippen LogP contribution in [0.5, 0.6) is 0 Å². The van der Waals surface area contributed by atoms with Crippen molar-refractivity contribution in [1.29, 1.82) is 0 Å². The van der Waals surface area contributed by atoms with Crippen LogP contribution in [-0.2, 0) is 14.8 Å². The molecule has 9 heteroatoms. The van der Waals surface area contributed by atoms with Crippen molar-refractivity contribution in [3.05, 3.63) is 59.9 Å². The number of rotatable bonds is 4. The Balaban J connectivity index is 1.75. The van der Waals surface area contributed by atoms with Gasteiger partial charge in [-0.2, -0.15) is 4.31 Å². The number of anilines is 1. The van der Waals surface area contributed by atoms with Crippen LogP contribution < -0.4 is 5.32 Å². The van der Waals surface area contributed by atoms with Crippen molar-refractivity contribution < 1.29 is 22.4 Å². The Morgan fingerprint density at radius 2 is 1.64 bits per heavy atom. The topological polar surface area (TPSA) is 86.8 Å². The lowest BCUT2D eigenvalue weighted by molar-refractivity contribution is -0.129. The molecule has 2 aromatic rings. The van der Waals surface area contributed by atoms with E-state index in [0.29, 0.717) is 18.8 Å². The number of sulfonamides is 1. The lowest BCUT2D eigenvalue weighted by Crippen LogP contribution is -2.49. The van der Waals surface area contributed by atoms with E-state index in [0.717, 1.165) is 0 Å². The molecule has 2 amide bonds. The second kappa shape index (κ2) is 8.07. The molecule has 0 atom stereocenters. The second-order valence-electron chi connectivity index (χ2n) is 6.40. The van der Waals surface area contributed by atoms with Crippen molar-refractivity contribution in [3.8, 4) is 0 Å². The third-order valence-electron chi connectivity index (χ3n) is 4.52. The molecule has 1 fully saturated rings. The van der Waals surface area contributed by atoms with E-state index in [2.05, 4.69) is 5.32 Å². The number of hydrogen-bond acceptors (Lipinski definition) is 4. The number of halogens is 1. The molecule has 1 heterocycles. The van der Waals surface area contributed by atoms with Crippen LogP contribution in [0.2, 0.25) is 0 Å². The third kappa shape index (κ3) is 4.37. The zero-order chi connectivity index (χ0) is 20.3. The smallest absolute Gasteiger partial charge is 0.255 e. The molecule has 0 bridgehead atoms. The Morgan fingerprint density at radius 3 is 2.25 bits per heavy atom. The summed E-state index contributed by atoms with van der Waals surface area (Å²) >= 11 is 0. The van der Waals surface area contributed by atoms with E-state index in [4.69, 9.17) is 0 Å². The first-order chi connectivity index (χ1) is 13.3. The van der Waals surface area contributed by atoms with Crippen LogP contribution in [0.4, 0.5) is 10.1 Å². The number of nitrogens with zero attached hydrogens (tertiary/aromatic N) is 2. The molecule has 0 aliphatic carbocycles. The van der Waals surface area contributed by atoms with Gasteiger partial charge in [-0.3, -0.25) is 9.59 Å². The van der Waals surface area contributed by atoms with E-state index in [1.54, 1.807) is 4.90 Å². The minimum absolute atomic E-state index is 0.00975. The van der Waals surface area contributed by atoms with E-state index in [-0.39, 0.29) is 29.5 Å². The molecule has 2 aromatic carbocycles. The molecule has 0 spiro atoms.